The van der Waals surface area contributed by atoms with E-state index in [1.807, 2.05) is 31.3 Å². The number of hydrogen-bond acceptors (Lipinski definition) is 3. The number of carbonyl (C=O) groups is 1. The molecule has 2 aromatic carbocycles. The Morgan fingerprint density at radius 3 is 2.53 bits per heavy atom. The largest absolute Gasteiger partial charge is 0.355 e. The monoisotopic (exact) mass is 433 g/mol. The smallest absolute Gasteiger partial charge is 0.251 e. The van der Waals surface area contributed by atoms with Crippen molar-refractivity contribution in [3.8, 4) is 0 Å². The molecule has 6 nitrogen and oxygen atoms in total. The van der Waals surface area contributed by atoms with Crippen LogP contribution in [0, 0.1) is 5.92 Å². The number of carbonyl (C=O) groups excluding carboxylic acids is 1. The van der Waals surface area contributed by atoms with Crippen molar-refractivity contribution in [2.24, 2.45) is 10.9 Å². The van der Waals surface area contributed by atoms with Gasteiger partial charge in [-0.25, -0.2) is 0 Å². The van der Waals surface area contributed by atoms with Gasteiger partial charge < -0.3 is 15.5 Å². The number of guanidine groups is 1. The summed E-state index contributed by atoms with van der Waals surface area (Å²) in [6, 6.07) is 19.3. The summed E-state index contributed by atoms with van der Waals surface area (Å²) in [7, 11) is 3.52. The molecule has 2 unspecified atom stereocenters. The Bertz CT molecular complexity index is 912. The summed E-state index contributed by atoms with van der Waals surface area (Å²) in [6.45, 7) is 5.05. The molecule has 0 spiro atoms. The van der Waals surface area contributed by atoms with Gasteiger partial charge in [0.1, 0.15) is 0 Å². The van der Waals surface area contributed by atoms with Gasteiger partial charge in [0.2, 0.25) is 0 Å². The SMILES string of the molecule is CN=C(NCc1ccc(C(=O)NC)cc1)N1CCC2C(CCCN2Cc2ccccc2)C1. The second-order valence-corrected chi connectivity index (χ2v) is 8.84. The quantitative estimate of drug-likeness (QED) is 0.562. The molecule has 2 aliphatic rings. The van der Waals surface area contributed by atoms with E-state index in [1.54, 1.807) is 7.05 Å². The molecule has 6 heteroatoms. The fraction of sp³-hybridized carbons (Fsp3) is 0.462. The molecular formula is C26H35N5O. The van der Waals surface area contributed by atoms with Gasteiger partial charge >= 0.3 is 0 Å². The second-order valence-electron chi connectivity index (χ2n) is 8.84. The Hall–Kier alpha value is -2.86. The van der Waals surface area contributed by atoms with Crippen LogP contribution in [0.5, 0.6) is 0 Å². The highest BCUT2D eigenvalue weighted by Crippen LogP contribution is 2.31. The van der Waals surface area contributed by atoms with Crippen LogP contribution in [0.15, 0.2) is 59.6 Å². The zero-order chi connectivity index (χ0) is 22.3. The van der Waals surface area contributed by atoms with E-state index in [-0.39, 0.29) is 5.91 Å². The number of aliphatic imine (C=N–C) groups is 1. The third-order valence-electron chi connectivity index (χ3n) is 6.82. The van der Waals surface area contributed by atoms with E-state index in [0.717, 1.165) is 31.2 Å². The summed E-state index contributed by atoms with van der Waals surface area (Å²) < 4.78 is 0. The molecule has 2 aliphatic heterocycles. The molecule has 170 valence electrons. The third kappa shape index (κ3) is 5.30. The molecule has 32 heavy (non-hydrogen) atoms. The lowest BCUT2D eigenvalue weighted by atomic mass is 9.83. The first-order valence-electron chi connectivity index (χ1n) is 11.7. The van der Waals surface area contributed by atoms with Crippen LogP contribution in [0.3, 0.4) is 0 Å². The minimum Gasteiger partial charge on any atom is -0.355 e. The zero-order valence-electron chi connectivity index (χ0n) is 19.3. The molecule has 0 bridgehead atoms. The average molecular weight is 434 g/mol. The van der Waals surface area contributed by atoms with E-state index < -0.39 is 0 Å². The Kier molecular flexibility index (Phi) is 7.43. The average Bonchev–Trinajstić information content (AvgIpc) is 2.85. The lowest BCUT2D eigenvalue weighted by Crippen LogP contribution is -2.56. The lowest BCUT2D eigenvalue weighted by molar-refractivity contribution is 0.0372. The van der Waals surface area contributed by atoms with Crippen molar-refractivity contribution >= 4 is 11.9 Å². The highest BCUT2D eigenvalue weighted by molar-refractivity contribution is 5.93. The predicted molar refractivity (Wildman–Crippen MR) is 130 cm³/mol. The number of rotatable bonds is 5. The van der Waals surface area contributed by atoms with Crippen molar-refractivity contribution in [2.75, 3.05) is 33.7 Å². The molecule has 2 N–H and O–H groups in total. The summed E-state index contributed by atoms with van der Waals surface area (Å²) >= 11 is 0. The number of piperidine rings is 2. The molecule has 2 fully saturated rings. The maximum Gasteiger partial charge on any atom is 0.251 e. The number of hydrogen-bond donors (Lipinski definition) is 2. The van der Waals surface area contributed by atoms with Crippen LogP contribution in [0.25, 0.3) is 0 Å². The predicted octanol–water partition coefficient (Wildman–Crippen LogP) is 3.11. The molecular weight excluding hydrogens is 398 g/mol. The molecule has 0 aromatic heterocycles. The fourth-order valence-electron chi connectivity index (χ4n) is 5.14. The Balaban J connectivity index is 1.33. The van der Waals surface area contributed by atoms with Crippen LogP contribution in [0.4, 0.5) is 0 Å². The van der Waals surface area contributed by atoms with Gasteiger partial charge in [-0.15, -0.1) is 0 Å². The molecule has 4 rings (SSSR count). The zero-order valence-corrected chi connectivity index (χ0v) is 19.3. The summed E-state index contributed by atoms with van der Waals surface area (Å²) in [4.78, 5) is 21.4. The first kappa shape index (κ1) is 22.3. The van der Waals surface area contributed by atoms with Crippen LogP contribution in [0.2, 0.25) is 0 Å². The van der Waals surface area contributed by atoms with Gasteiger partial charge in [-0.2, -0.15) is 0 Å². The Morgan fingerprint density at radius 2 is 1.81 bits per heavy atom. The summed E-state index contributed by atoms with van der Waals surface area (Å²) in [5, 5.41) is 6.18. The molecule has 2 saturated heterocycles. The van der Waals surface area contributed by atoms with Crippen molar-refractivity contribution in [1.29, 1.82) is 0 Å². The van der Waals surface area contributed by atoms with Gasteiger partial charge in [-0.05, 0) is 55.0 Å². The van der Waals surface area contributed by atoms with Crippen molar-refractivity contribution in [3.05, 3.63) is 71.3 Å². The number of benzene rings is 2. The standard InChI is InChI=1S/C26H35N5O/c1-27-25(32)22-12-10-20(11-13-22)17-29-26(28-2)31-16-14-24-23(19-31)9-6-15-30(24)18-21-7-4-3-5-8-21/h3-5,7-8,10-13,23-24H,6,9,14-19H2,1-2H3,(H,27,32)(H,28,29). The van der Waals surface area contributed by atoms with Gasteiger partial charge in [0.15, 0.2) is 5.96 Å². The van der Waals surface area contributed by atoms with E-state index in [2.05, 4.69) is 55.8 Å². The molecule has 2 atom stereocenters. The minimum atomic E-state index is -0.0584. The number of fused-ring (bicyclic) bond motifs is 1. The van der Waals surface area contributed by atoms with Crippen molar-refractivity contribution < 1.29 is 4.79 Å². The summed E-state index contributed by atoms with van der Waals surface area (Å²) in [6.07, 6.45) is 3.75. The van der Waals surface area contributed by atoms with E-state index in [4.69, 9.17) is 0 Å². The van der Waals surface area contributed by atoms with Crippen molar-refractivity contribution in [1.82, 2.24) is 20.4 Å². The van der Waals surface area contributed by atoms with Crippen molar-refractivity contribution in [3.63, 3.8) is 0 Å². The maximum absolute atomic E-state index is 11.7. The van der Waals surface area contributed by atoms with E-state index in [1.165, 1.54) is 31.4 Å². The maximum atomic E-state index is 11.7. The highest BCUT2D eigenvalue weighted by atomic mass is 16.1. The van der Waals surface area contributed by atoms with Gasteiger partial charge in [-0.3, -0.25) is 14.7 Å². The third-order valence-corrected chi connectivity index (χ3v) is 6.82. The Morgan fingerprint density at radius 1 is 1.03 bits per heavy atom. The van der Waals surface area contributed by atoms with Gasteiger partial charge in [0.25, 0.3) is 5.91 Å². The number of nitrogens with one attached hydrogen (secondary N) is 2. The lowest BCUT2D eigenvalue weighted by Gasteiger charge is -2.48. The normalized spacial score (nSPS) is 21.7. The molecule has 0 saturated carbocycles. The number of nitrogens with zero attached hydrogens (tertiary/aromatic N) is 3. The fourth-order valence-corrected chi connectivity index (χ4v) is 5.14. The van der Waals surface area contributed by atoms with Crippen molar-refractivity contribution in [2.45, 2.75) is 38.4 Å². The number of amides is 1. The van der Waals surface area contributed by atoms with Gasteiger partial charge in [0.05, 0.1) is 0 Å². The van der Waals surface area contributed by atoms with Crippen LogP contribution < -0.4 is 10.6 Å². The molecule has 2 heterocycles. The Labute approximate surface area is 191 Å². The van der Waals surface area contributed by atoms with Crippen LogP contribution in [-0.2, 0) is 13.1 Å². The molecule has 1 amide bonds. The molecule has 0 radical (unpaired) electrons. The highest BCUT2D eigenvalue weighted by Gasteiger charge is 2.36. The van der Waals surface area contributed by atoms with E-state index >= 15 is 0 Å². The summed E-state index contributed by atoms with van der Waals surface area (Å²) in [5.74, 6) is 1.60. The van der Waals surface area contributed by atoms with Crippen LogP contribution in [0.1, 0.15) is 40.7 Å². The van der Waals surface area contributed by atoms with Crippen LogP contribution in [-0.4, -0.2) is 61.4 Å². The number of likely N-dealkylation sites (tertiary alicyclic amines) is 2. The van der Waals surface area contributed by atoms with Gasteiger partial charge in [-0.1, -0.05) is 42.5 Å². The first-order valence-corrected chi connectivity index (χ1v) is 11.7. The topological polar surface area (TPSA) is 60.0 Å². The molecule has 2 aromatic rings. The first-order chi connectivity index (χ1) is 15.7. The summed E-state index contributed by atoms with van der Waals surface area (Å²) in [5.41, 5.74) is 3.23. The van der Waals surface area contributed by atoms with E-state index in [0.29, 0.717) is 24.1 Å². The second kappa shape index (κ2) is 10.6. The molecule has 0 aliphatic carbocycles. The van der Waals surface area contributed by atoms with E-state index in [9.17, 15) is 4.79 Å². The van der Waals surface area contributed by atoms with Crippen LogP contribution >= 0.6 is 0 Å². The minimum absolute atomic E-state index is 0.0584. The van der Waals surface area contributed by atoms with Gasteiger partial charge in [0, 0.05) is 51.9 Å².